The second-order valence-electron chi connectivity index (χ2n) is 5.04. The summed E-state index contributed by atoms with van der Waals surface area (Å²) in [6.07, 6.45) is 0. The van der Waals surface area contributed by atoms with Crippen molar-refractivity contribution in [2.24, 2.45) is 11.8 Å². The number of amides is 1. The van der Waals surface area contributed by atoms with E-state index in [2.05, 4.69) is 4.74 Å². The van der Waals surface area contributed by atoms with E-state index in [0.29, 0.717) is 6.54 Å². The molecule has 0 aliphatic carbocycles. The molecule has 1 N–H and O–H groups in total. The van der Waals surface area contributed by atoms with E-state index < -0.39 is 18.5 Å². The maximum Gasteiger partial charge on any atom is 0.387 e. The molecule has 1 amide bonds. The van der Waals surface area contributed by atoms with Crippen LogP contribution in [0.5, 0.6) is 5.75 Å². The van der Waals surface area contributed by atoms with E-state index in [1.165, 1.54) is 29.2 Å². The molecule has 1 aliphatic heterocycles. The van der Waals surface area contributed by atoms with Gasteiger partial charge >= 0.3 is 12.6 Å². The zero-order valence-corrected chi connectivity index (χ0v) is 11.3. The minimum atomic E-state index is -2.96. The van der Waals surface area contributed by atoms with Crippen LogP contribution in [0.4, 0.5) is 8.78 Å². The minimum absolute atomic E-state index is 0.0992. The van der Waals surface area contributed by atoms with Crippen LogP contribution in [0.15, 0.2) is 24.3 Å². The molecule has 114 valence electrons. The molecular formula is C14H15F2NO4. The number of hydrogen-bond donors (Lipinski definition) is 1. The van der Waals surface area contributed by atoms with Crippen LogP contribution in [0.3, 0.4) is 0 Å². The lowest BCUT2D eigenvalue weighted by molar-refractivity contribution is -0.142. The van der Waals surface area contributed by atoms with Crippen LogP contribution in [-0.4, -0.2) is 41.6 Å². The quantitative estimate of drug-likeness (QED) is 0.924. The van der Waals surface area contributed by atoms with Crippen LogP contribution in [0.25, 0.3) is 0 Å². The van der Waals surface area contributed by atoms with Gasteiger partial charge in [0, 0.05) is 18.7 Å². The summed E-state index contributed by atoms with van der Waals surface area (Å²) in [7, 11) is 0. The topological polar surface area (TPSA) is 66.8 Å². The number of halogens is 2. The number of alkyl halides is 2. The van der Waals surface area contributed by atoms with Gasteiger partial charge in [0.2, 0.25) is 0 Å². The van der Waals surface area contributed by atoms with Gasteiger partial charge in [-0.25, -0.2) is 0 Å². The third-order valence-electron chi connectivity index (χ3n) is 3.52. The minimum Gasteiger partial charge on any atom is -0.481 e. The summed E-state index contributed by atoms with van der Waals surface area (Å²) >= 11 is 0. The molecule has 0 aromatic heterocycles. The number of hydrogen-bond acceptors (Lipinski definition) is 3. The third-order valence-corrected chi connectivity index (χ3v) is 3.52. The van der Waals surface area contributed by atoms with E-state index >= 15 is 0 Å². The summed E-state index contributed by atoms with van der Waals surface area (Å²) in [4.78, 5) is 24.8. The van der Waals surface area contributed by atoms with Gasteiger partial charge in [-0.2, -0.15) is 8.78 Å². The van der Waals surface area contributed by atoms with Crippen molar-refractivity contribution in [3.8, 4) is 5.75 Å². The van der Waals surface area contributed by atoms with Gasteiger partial charge < -0.3 is 14.7 Å². The van der Waals surface area contributed by atoms with Crippen LogP contribution >= 0.6 is 0 Å². The Morgan fingerprint density at radius 1 is 1.38 bits per heavy atom. The van der Waals surface area contributed by atoms with Gasteiger partial charge in [0.25, 0.3) is 5.91 Å². The van der Waals surface area contributed by atoms with Gasteiger partial charge in [0.05, 0.1) is 5.92 Å². The van der Waals surface area contributed by atoms with Crippen molar-refractivity contribution in [2.45, 2.75) is 13.5 Å². The fourth-order valence-electron chi connectivity index (χ4n) is 2.44. The van der Waals surface area contributed by atoms with Crippen molar-refractivity contribution in [1.82, 2.24) is 4.90 Å². The normalized spacial score (nSPS) is 21.6. The molecule has 1 heterocycles. The Hall–Kier alpha value is -2.18. The van der Waals surface area contributed by atoms with Crippen molar-refractivity contribution >= 4 is 11.9 Å². The van der Waals surface area contributed by atoms with Crippen molar-refractivity contribution < 1.29 is 28.2 Å². The van der Waals surface area contributed by atoms with Crippen molar-refractivity contribution in [2.75, 3.05) is 13.1 Å². The molecule has 7 heteroatoms. The van der Waals surface area contributed by atoms with E-state index in [1.54, 1.807) is 6.92 Å². The number of nitrogens with zero attached hydrogens (tertiary/aromatic N) is 1. The van der Waals surface area contributed by atoms with Gasteiger partial charge in [-0.15, -0.1) is 0 Å². The molecule has 0 spiro atoms. The second-order valence-corrected chi connectivity index (χ2v) is 5.04. The average Bonchev–Trinajstić information content (AvgIpc) is 2.79. The fraction of sp³-hybridized carbons (Fsp3) is 0.429. The van der Waals surface area contributed by atoms with Crippen LogP contribution in [0.2, 0.25) is 0 Å². The van der Waals surface area contributed by atoms with Crippen LogP contribution in [0.1, 0.15) is 17.3 Å². The van der Waals surface area contributed by atoms with E-state index in [-0.39, 0.29) is 29.7 Å². The molecule has 2 rings (SSSR count). The number of carboxylic acids is 1. The summed E-state index contributed by atoms with van der Waals surface area (Å²) in [5, 5.41) is 9.06. The van der Waals surface area contributed by atoms with Crippen LogP contribution in [0, 0.1) is 11.8 Å². The lowest BCUT2D eigenvalue weighted by Crippen LogP contribution is -2.29. The third kappa shape index (κ3) is 3.48. The van der Waals surface area contributed by atoms with E-state index in [4.69, 9.17) is 5.11 Å². The van der Waals surface area contributed by atoms with Gasteiger partial charge in [-0.1, -0.05) is 13.0 Å². The smallest absolute Gasteiger partial charge is 0.387 e. The zero-order chi connectivity index (χ0) is 15.6. The number of benzene rings is 1. The van der Waals surface area contributed by atoms with E-state index in [9.17, 15) is 18.4 Å². The van der Waals surface area contributed by atoms with Crippen molar-refractivity contribution in [3.05, 3.63) is 29.8 Å². The first-order valence-electron chi connectivity index (χ1n) is 6.45. The summed E-state index contributed by atoms with van der Waals surface area (Å²) in [5.41, 5.74) is 0.200. The number of likely N-dealkylation sites (tertiary alicyclic amines) is 1. The highest BCUT2D eigenvalue weighted by Crippen LogP contribution is 2.25. The molecule has 1 aromatic carbocycles. The van der Waals surface area contributed by atoms with Crippen molar-refractivity contribution in [1.29, 1.82) is 0 Å². The molecular weight excluding hydrogens is 284 g/mol. The van der Waals surface area contributed by atoms with Crippen LogP contribution < -0.4 is 4.74 Å². The molecule has 2 unspecified atom stereocenters. The molecule has 1 saturated heterocycles. The maximum atomic E-state index is 12.3. The molecule has 2 atom stereocenters. The number of carboxylic acid groups (broad SMARTS) is 1. The number of carbonyl (C=O) groups excluding carboxylic acids is 1. The Morgan fingerprint density at radius 3 is 2.67 bits per heavy atom. The highest BCUT2D eigenvalue weighted by molar-refractivity contribution is 5.95. The fourth-order valence-corrected chi connectivity index (χ4v) is 2.44. The lowest BCUT2D eigenvalue weighted by atomic mass is 9.99. The Balaban J connectivity index is 2.12. The molecule has 1 aromatic rings. The Labute approximate surface area is 120 Å². The maximum absolute atomic E-state index is 12.3. The van der Waals surface area contributed by atoms with Gasteiger partial charge in [0.1, 0.15) is 5.75 Å². The molecule has 5 nitrogen and oxygen atoms in total. The molecule has 0 radical (unpaired) electrons. The zero-order valence-electron chi connectivity index (χ0n) is 11.3. The second kappa shape index (κ2) is 6.07. The van der Waals surface area contributed by atoms with Crippen molar-refractivity contribution in [3.63, 3.8) is 0 Å². The first-order valence-corrected chi connectivity index (χ1v) is 6.45. The number of rotatable bonds is 4. The summed E-state index contributed by atoms with van der Waals surface area (Å²) in [5.74, 6) is -2.17. The predicted molar refractivity (Wildman–Crippen MR) is 69.3 cm³/mol. The average molecular weight is 299 g/mol. The highest BCUT2D eigenvalue weighted by Gasteiger charge is 2.37. The largest absolute Gasteiger partial charge is 0.481 e. The summed E-state index contributed by atoms with van der Waals surface area (Å²) in [6, 6.07) is 5.49. The standard InChI is InChI=1S/C14H15F2NO4/c1-8-6-17(7-11(8)13(19)20)12(18)9-3-2-4-10(5-9)21-14(15)16/h2-5,8,11,14H,6-7H2,1H3,(H,19,20). The Kier molecular flexibility index (Phi) is 4.40. The predicted octanol–water partition coefficient (Wildman–Crippen LogP) is 2.08. The molecule has 0 saturated carbocycles. The number of ether oxygens (including phenoxy) is 1. The van der Waals surface area contributed by atoms with E-state index in [0.717, 1.165) is 0 Å². The SMILES string of the molecule is CC1CN(C(=O)c2cccc(OC(F)F)c2)CC1C(=O)O. The Morgan fingerprint density at radius 2 is 2.10 bits per heavy atom. The molecule has 1 aliphatic rings. The van der Waals surface area contributed by atoms with Gasteiger partial charge in [-0.05, 0) is 24.1 Å². The van der Waals surface area contributed by atoms with Gasteiger partial charge in [-0.3, -0.25) is 9.59 Å². The first kappa shape index (κ1) is 15.2. The summed E-state index contributed by atoms with van der Waals surface area (Å²) in [6.45, 7) is -0.744. The number of aliphatic carboxylic acids is 1. The number of carbonyl (C=O) groups is 2. The highest BCUT2D eigenvalue weighted by atomic mass is 19.3. The molecule has 1 fully saturated rings. The van der Waals surface area contributed by atoms with E-state index in [1.807, 2.05) is 0 Å². The summed E-state index contributed by atoms with van der Waals surface area (Å²) < 4.78 is 28.6. The van der Waals surface area contributed by atoms with Gasteiger partial charge in [0.15, 0.2) is 0 Å². The molecule has 0 bridgehead atoms. The van der Waals surface area contributed by atoms with Crippen LogP contribution in [-0.2, 0) is 4.79 Å². The lowest BCUT2D eigenvalue weighted by Gasteiger charge is -2.16. The molecule has 21 heavy (non-hydrogen) atoms. The monoisotopic (exact) mass is 299 g/mol. The first-order chi connectivity index (χ1) is 9.88. The Bertz CT molecular complexity index is 550.